The molecule has 2 rings (SSSR count). The number of aliphatic hydroxyl groups is 2. The highest BCUT2D eigenvalue weighted by atomic mass is 16.7. The van der Waals surface area contributed by atoms with E-state index in [4.69, 9.17) is 58.3 Å². The van der Waals surface area contributed by atoms with Gasteiger partial charge < -0.3 is 69.0 Å². The van der Waals surface area contributed by atoms with Crippen molar-refractivity contribution < 1.29 is 77.2 Å². The van der Waals surface area contributed by atoms with Crippen LogP contribution in [0, 0.1) is 0 Å². The molecule has 2 amide bonds. The third-order valence-corrected chi connectivity index (χ3v) is 8.95. The quantitative estimate of drug-likeness (QED) is 0.0449. The highest BCUT2D eigenvalue weighted by Gasteiger charge is 2.24. The van der Waals surface area contributed by atoms with Gasteiger partial charge in [-0.1, -0.05) is 6.92 Å². The Labute approximate surface area is 376 Å². The smallest absolute Gasteiger partial charge is 0.305 e. The van der Waals surface area contributed by atoms with Crippen LogP contribution in [0.25, 0.3) is 6.08 Å². The molecule has 0 spiro atoms. The van der Waals surface area contributed by atoms with Crippen molar-refractivity contribution in [2.75, 3.05) is 139 Å². The Hall–Kier alpha value is -3.65. The van der Waals surface area contributed by atoms with Crippen molar-refractivity contribution >= 4 is 35.4 Å². The van der Waals surface area contributed by atoms with Gasteiger partial charge in [-0.3, -0.25) is 23.9 Å². The number of hydroxylamine groups is 2. The van der Waals surface area contributed by atoms with Gasteiger partial charge in [0.15, 0.2) is 0 Å². The minimum Gasteiger partial charge on any atom is -0.481 e. The van der Waals surface area contributed by atoms with Crippen molar-refractivity contribution in [3.63, 3.8) is 0 Å². The molecule has 1 aliphatic heterocycles. The summed E-state index contributed by atoms with van der Waals surface area (Å²) in [6.07, 6.45) is 4.90. The summed E-state index contributed by atoms with van der Waals surface area (Å²) in [7, 11) is 0. The maximum Gasteiger partial charge on any atom is 0.305 e. The molecular formula is C42H74N6O16. The number of carboxylic acid groups (broad SMARTS) is 1. The maximum atomic E-state index is 13.2. The fraction of sp³-hybridized carbons (Fsp3) is 0.786. The summed E-state index contributed by atoms with van der Waals surface area (Å²) in [4.78, 5) is 45.8. The third kappa shape index (κ3) is 27.6. The highest BCUT2D eigenvalue weighted by molar-refractivity contribution is 6.04. The lowest BCUT2D eigenvalue weighted by molar-refractivity contribution is -0.180. The number of ether oxygens (including phenoxy) is 9. The average molecular weight is 919 g/mol. The molecule has 368 valence electrons. The van der Waals surface area contributed by atoms with Gasteiger partial charge in [-0.05, 0) is 38.7 Å². The molecular weight excluding hydrogens is 844 g/mol. The molecule has 64 heavy (non-hydrogen) atoms. The Bertz CT molecular complexity index is 1440. The molecule has 0 aromatic carbocycles. The van der Waals surface area contributed by atoms with E-state index < -0.39 is 18.2 Å². The number of nitrogens with zero attached hydrogens (tertiary/aromatic N) is 4. The molecule has 1 aliphatic rings. The van der Waals surface area contributed by atoms with Crippen LogP contribution in [0.15, 0.2) is 16.8 Å². The number of carboxylic acids is 1. The average Bonchev–Trinajstić information content (AvgIpc) is 3.55. The normalized spacial score (nSPS) is 13.5. The summed E-state index contributed by atoms with van der Waals surface area (Å²) in [6, 6.07) is 0. The van der Waals surface area contributed by atoms with Crippen molar-refractivity contribution in [1.29, 1.82) is 0 Å². The number of nitrogens with one attached hydrogen (secondary N) is 1. The van der Waals surface area contributed by atoms with Gasteiger partial charge in [0.2, 0.25) is 5.91 Å². The molecule has 1 aromatic rings. The molecule has 1 aromatic heterocycles. The second-order valence-corrected chi connectivity index (χ2v) is 14.3. The standard InChI is InChI=1S/C42H74N6O16/c1-3-11-48(64-4-2)42(54)34-29-36-35(46-39(43)30-34)31-45-47(36)12-7-5-6-10-44-40(51)8-13-55-15-17-60-25-27-62-32-37(49)38(50)33-63-28-26-61-24-23-59-22-21-58-20-19-57-18-16-56-14-9-41(52)53/h29,31,37-38,49-50H,3-28,30,32-33H2,1-2H3,(H2,43,46)(H,44,51)(H,52,53). The lowest BCUT2D eigenvalue weighted by atomic mass is 10.1. The lowest BCUT2D eigenvalue weighted by Crippen LogP contribution is -2.35. The van der Waals surface area contributed by atoms with Crippen molar-refractivity contribution in [3.05, 3.63) is 17.5 Å². The Morgan fingerprint density at radius 2 is 1.23 bits per heavy atom. The first-order valence-corrected chi connectivity index (χ1v) is 22.2. The number of amidine groups is 1. The number of amides is 2. The molecule has 0 saturated carbocycles. The number of rotatable bonds is 43. The lowest BCUT2D eigenvalue weighted by Gasteiger charge is -2.21. The Kier molecular flexibility index (Phi) is 33.1. The van der Waals surface area contributed by atoms with Gasteiger partial charge in [-0.2, -0.15) is 5.10 Å². The van der Waals surface area contributed by atoms with E-state index >= 15 is 0 Å². The number of aliphatic carboxylic acids is 1. The van der Waals surface area contributed by atoms with Crippen LogP contribution in [0.1, 0.15) is 64.5 Å². The van der Waals surface area contributed by atoms with Crippen LogP contribution in [0.4, 0.5) is 5.69 Å². The summed E-state index contributed by atoms with van der Waals surface area (Å²) in [6.45, 7) is 10.9. The zero-order valence-corrected chi connectivity index (χ0v) is 37.8. The van der Waals surface area contributed by atoms with Crippen LogP contribution in [-0.2, 0) is 68.4 Å². The van der Waals surface area contributed by atoms with Gasteiger partial charge in [0.1, 0.15) is 23.7 Å². The summed E-state index contributed by atoms with van der Waals surface area (Å²) in [5.74, 6) is -0.875. The first kappa shape index (κ1) is 56.5. The topological polar surface area (TPSA) is 276 Å². The number of fused-ring (bicyclic) bond motifs is 1. The molecule has 2 heterocycles. The van der Waals surface area contributed by atoms with Crippen LogP contribution in [0.5, 0.6) is 0 Å². The molecule has 22 nitrogen and oxygen atoms in total. The van der Waals surface area contributed by atoms with E-state index in [0.717, 1.165) is 31.4 Å². The summed E-state index contributed by atoms with van der Waals surface area (Å²) >= 11 is 0. The number of aliphatic hydroxyl groups excluding tert-OH is 2. The molecule has 6 N–H and O–H groups in total. The van der Waals surface area contributed by atoms with Gasteiger partial charge in [0.25, 0.3) is 5.91 Å². The van der Waals surface area contributed by atoms with Gasteiger partial charge in [0, 0.05) is 38.0 Å². The van der Waals surface area contributed by atoms with Crippen molar-refractivity contribution in [2.45, 2.75) is 77.5 Å². The minimum atomic E-state index is -1.12. The fourth-order valence-corrected chi connectivity index (χ4v) is 5.66. The molecule has 2 atom stereocenters. The molecule has 0 fully saturated rings. The molecule has 2 unspecified atom stereocenters. The fourth-order valence-electron chi connectivity index (χ4n) is 5.66. The van der Waals surface area contributed by atoms with E-state index in [0.29, 0.717) is 116 Å². The van der Waals surface area contributed by atoms with E-state index in [1.54, 1.807) is 12.3 Å². The zero-order chi connectivity index (χ0) is 46.5. The van der Waals surface area contributed by atoms with Gasteiger partial charge in [-0.15, -0.1) is 0 Å². The van der Waals surface area contributed by atoms with Crippen LogP contribution >= 0.6 is 0 Å². The maximum absolute atomic E-state index is 13.2. The van der Waals surface area contributed by atoms with Crippen LogP contribution < -0.4 is 11.1 Å². The molecule has 0 saturated heterocycles. The minimum absolute atomic E-state index is 0.0272. The van der Waals surface area contributed by atoms with E-state index in [1.165, 1.54) is 5.06 Å². The van der Waals surface area contributed by atoms with Crippen molar-refractivity contribution in [1.82, 2.24) is 20.2 Å². The van der Waals surface area contributed by atoms with Gasteiger partial charge in [0.05, 0.1) is 144 Å². The van der Waals surface area contributed by atoms with Gasteiger partial charge in [-0.25, -0.2) is 10.1 Å². The second-order valence-electron chi connectivity index (χ2n) is 14.3. The first-order chi connectivity index (χ1) is 31.2. The van der Waals surface area contributed by atoms with E-state index in [1.807, 2.05) is 18.5 Å². The Balaban J connectivity index is 1.36. The Morgan fingerprint density at radius 1 is 0.734 bits per heavy atom. The van der Waals surface area contributed by atoms with Crippen molar-refractivity contribution in [2.24, 2.45) is 10.7 Å². The number of hydrogen-bond acceptors (Lipinski definition) is 18. The molecule has 0 radical (unpaired) electrons. The Morgan fingerprint density at radius 3 is 1.73 bits per heavy atom. The van der Waals surface area contributed by atoms with E-state index in [2.05, 4.69) is 15.4 Å². The number of aryl methyl sites for hydroxylation is 1. The summed E-state index contributed by atoms with van der Waals surface area (Å²) in [5.41, 5.74) is 7.98. The van der Waals surface area contributed by atoms with Crippen molar-refractivity contribution in [3.8, 4) is 0 Å². The highest BCUT2D eigenvalue weighted by Crippen LogP contribution is 2.27. The summed E-state index contributed by atoms with van der Waals surface area (Å²) < 4.78 is 50.2. The number of carbonyl (C=O) groups is 3. The van der Waals surface area contributed by atoms with E-state index in [-0.39, 0.29) is 77.3 Å². The second kappa shape index (κ2) is 37.6. The van der Waals surface area contributed by atoms with Gasteiger partial charge >= 0.3 is 5.97 Å². The van der Waals surface area contributed by atoms with Crippen LogP contribution in [0.2, 0.25) is 0 Å². The zero-order valence-electron chi connectivity index (χ0n) is 37.8. The predicted molar refractivity (Wildman–Crippen MR) is 233 cm³/mol. The number of nitrogens with two attached hydrogens (primary N) is 1. The van der Waals surface area contributed by atoms with E-state index in [9.17, 15) is 24.6 Å². The monoisotopic (exact) mass is 919 g/mol. The van der Waals surface area contributed by atoms with Crippen LogP contribution in [-0.4, -0.2) is 205 Å². The number of hydrogen-bond donors (Lipinski definition) is 5. The largest absolute Gasteiger partial charge is 0.481 e. The summed E-state index contributed by atoms with van der Waals surface area (Å²) in [5, 5.41) is 37.5. The SMILES string of the molecule is CCCN(OCC)C(=O)C1=Cc2c(cnn2CCCCCNC(=O)CCOCCOCCOCC(O)C(O)COCCOCCOCCOCCOCCOCCC(=O)O)N=C(N)C1. The molecule has 0 bridgehead atoms. The first-order valence-electron chi connectivity index (χ1n) is 22.2. The van der Waals surface area contributed by atoms with Crippen LogP contribution in [0.3, 0.4) is 0 Å². The predicted octanol–water partition coefficient (Wildman–Crippen LogP) is 0.872. The molecule has 22 heteroatoms. The number of aliphatic imine (C=N–C) groups is 1. The number of carbonyl (C=O) groups excluding carboxylic acids is 2. The number of aromatic nitrogens is 2. The number of unbranched alkanes of at least 4 members (excludes halogenated alkanes) is 2. The third-order valence-electron chi connectivity index (χ3n) is 8.95. The molecule has 0 aliphatic carbocycles.